The highest BCUT2D eigenvalue weighted by Gasteiger charge is 2.32. The Morgan fingerprint density at radius 3 is 2.27 bits per heavy atom. The van der Waals surface area contributed by atoms with Gasteiger partial charge in [0.15, 0.2) is 6.29 Å². The molecule has 4 rings (SSSR count). The van der Waals surface area contributed by atoms with E-state index in [4.69, 9.17) is 14.7 Å². The molecule has 4 N–H and O–H groups in total. The molecule has 41 heavy (non-hydrogen) atoms. The first-order valence-electron chi connectivity index (χ1n) is 13.9. The summed E-state index contributed by atoms with van der Waals surface area (Å²) in [6, 6.07) is 21.6. The van der Waals surface area contributed by atoms with Crippen molar-refractivity contribution in [2.75, 3.05) is 5.75 Å². The Labute approximate surface area is 244 Å². The lowest BCUT2D eigenvalue weighted by Crippen LogP contribution is -2.31. The number of hydrogen-bond acceptors (Lipinski definition) is 8. The monoisotopic (exact) mass is 579 g/mol. The molecule has 2 aromatic carbocycles. The topological polar surface area (TPSA) is 130 Å². The van der Waals surface area contributed by atoms with E-state index >= 15 is 0 Å². The van der Waals surface area contributed by atoms with E-state index in [1.54, 1.807) is 23.4 Å². The van der Waals surface area contributed by atoms with Crippen molar-refractivity contribution in [1.82, 2.24) is 15.8 Å². The van der Waals surface area contributed by atoms with Crippen molar-refractivity contribution in [3.63, 3.8) is 0 Å². The van der Waals surface area contributed by atoms with Gasteiger partial charge in [-0.05, 0) is 41.7 Å². The third kappa shape index (κ3) is 9.94. The second-order valence-electron chi connectivity index (χ2n) is 9.94. The van der Waals surface area contributed by atoms with E-state index in [-0.39, 0.29) is 31.1 Å². The van der Waals surface area contributed by atoms with Crippen molar-refractivity contribution in [2.24, 2.45) is 0 Å². The summed E-state index contributed by atoms with van der Waals surface area (Å²) in [6.07, 6.45) is 4.42. The summed E-state index contributed by atoms with van der Waals surface area (Å²) >= 11 is 1.66. The van der Waals surface area contributed by atoms with Crippen LogP contribution in [0.4, 0.5) is 0 Å². The van der Waals surface area contributed by atoms with Gasteiger partial charge in [0.05, 0.1) is 23.8 Å². The smallest absolute Gasteiger partial charge is 0.243 e. The van der Waals surface area contributed by atoms with Gasteiger partial charge in [0, 0.05) is 43.3 Å². The first-order chi connectivity index (χ1) is 20.0. The Balaban J connectivity index is 1.32. The minimum atomic E-state index is -0.544. The lowest BCUT2D eigenvalue weighted by molar-refractivity contribution is -0.245. The van der Waals surface area contributed by atoms with Crippen molar-refractivity contribution < 1.29 is 29.4 Å². The van der Waals surface area contributed by atoms with Crippen molar-refractivity contribution in [1.29, 1.82) is 0 Å². The van der Waals surface area contributed by atoms with Gasteiger partial charge in [-0.3, -0.25) is 14.8 Å². The van der Waals surface area contributed by atoms with Gasteiger partial charge in [-0.1, -0.05) is 61.0 Å². The Morgan fingerprint density at radius 2 is 1.59 bits per heavy atom. The lowest BCUT2D eigenvalue weighted by atomic mass is 10.0. The fourth-order valence-corrected chi connectivity index (χ4v) is 5.40. The summed E-state index contributed by atoms with van der Waals surface area (Å²) in [6.45, 7) is 0.417. The van der Waals surface area contributed by atoms with Gasteiger partial charge < -0.3 is 19.9 Å². The molecule has 0 bridgehead atoms. The number of aromatic nitrogens is 1. The molecule has 3 aromatic rings. The number of hydroxylamine groups is 1. The number of unbranched alkanes of at least 4 members (excludes halogenated alkanes) is 2. The van der Waals surface area contributed by atoms with Crippen molar-refractivity contribution in [3.8, 4) is 0 Å². The molecular weight excluding hydrogens is 542 g/mol. The number of aliphatic hydroxyl groups is 1. The molecule has 1 fully saturated rings. The molecule has 0 saturated carbocycles. The number of amides is 2. The SMILES string of the molecule is O=C(CCCCCC(=O)NCc1ccc(C2OC(CSc3ccccn3)CC(c3ccc(CO)cc3)O2)cc1)NO. The number of aliphatic hydroxyl groups excluding tert-OH is 1. The Bertz CT molecular complexity index is 1230. The summed E-state index contributed by atoms with van der Waals surface area (Å²) in [5.41, 5.74) is 5.38. The number of rotatable bonds is 14. The van der Waals surface area contributed by atoms with E-state index in [9.17, 15) is 14.7 Å². The number of thioether (sulfide) groups is 1. The van der Waals surface area contributed by atoms with Gasteiger partial charge in [-0.25, -0.2) is 10.5 Å². The van der Waals surface area contributed by atoms with Crippen LogP contribution in [0.25, 0.3) is 0 Å². The van der Waals surface area contributed by atoms with Crippen molar-refractivity contribution >= 4 is 23.6 Å². The second kappa shape index (κ2) is 16.2. The minimum absolute atomic E-state index is 0.000803. The van der Waals surface area contributed by atoms with Gasteiger partial charge in [0.25, 0.3) is 0 Å². The summed E-state index contributed by atoms with van der Waals surface area (Å²) in [5, 5.41) is 21.8. The average Bonchev–Trinajstić information content (AvgIpc) is 3.03. The van der Waals surface area contributed by atoms with Crippen molar-refractivity contribution in [2.45, 2.75) is 75.2 Å². The van der Waals surface area contributed by atoms with Crippen LogP contribution < -0.4 is 10.8 Å². The summed E-state index contributed by atoms with van der Waals surface area (Å²) in [5.74, 6) is 0.289. The predicted molar refractivity (Wildman–Crippen MR) is 155 cm³/mol. The Morgan fingerprint density at radius 1 is 0.878 bits per heavy atom. The second-order valence-corrected chi connectivity index (χ2v) is 11.0. The van der Waals surface area contributed by atoms with Gasteiger partial charge in [0.2, 0.25) is 11.8 Å². The molecule has 0 radical (unpaired) electrons. The molecule has 0 spiro atoms. The number of nitrogens with one attached hydrogen (secondary N) is 2. The highest BCUT2D eigenvalue weighted by atomic mass is 32.2. The number of carbonyl (C=O) groups excluding carboxylic acids is 2. The number of ether oxygens (including phenoxy) is 2. The van der Waals surface area contributed by atoms with Gasteiger partial charge >= 0.3 is 0 Å². The van der Waals surface area contributed by atoms with Crippen LogP contribution >= 0.6 is 11.8 Å². The van der Waals surface area contributed by atoms with Crippen LogP contribution in [0.1, 0.15) is 73.2 Å². The van der Waals surface area contributed by atoms with Crippen LogP contribution in [-0.2, 0) is 32.2 Å². The molecule has 1 aromatic heterocycles. The minimum Gasteiger partial charge on any atom is -0.392 e. The van der Waals surface area contributed by atoms with E-state index in [1.807, 2.05) is 66.7 Å². The maximum Gasteiger partial charge on any atom is 0.243 e. The van der Waals surface area contributed by atoms with Gasteiger partial charge in [0.1, 0.15) is 0 Å². The van der Waals surface area contributed by atoms with Crippen LogP contribution in [0.2, 0.25) is 0 Å². The Hall–Kier alpha value is -3.28. The van der Waals surface area contributed by atoms with Crippen LogP contribution in [-0.4, -0.2) is 39.0 Å². The first kappa shape index (κ1) is 30.7. The zero-order valence-electron chi connectivity index (χ0n) is 22.9. The van der Waals surface area contributed by atoms with Crippen LogP contribution in [0.3, 0.4) is 0 Å². The highest BCUT2D eigenvalue weighted by Crippen LogP contribution is 2.39. The molecule has 1 aliphatic heterocycles. The molecule has 1 saturated heterocycles. The van der Waals surface area contributed by atoms with Gasteiger partial charge in [-0.15, -0.1) is 11.8 Å². The average molecular weight is 580 g/mol. The molecule has 3 atom stereocenters. The molecule has 218 valence electrons. The number of carbonyl (C=O) groups is 2. The van der Waals surface area contributed by atoms with E-state index in [2.05, 4.69) is 10.3 Å². The van der Waals surface area contributed by atoms with E-state index in [0.29, 0.717) is 32.2 Å². The molecule has 0 aliphatic carbocycles. The number of benzene rings is 2. The zero-order valence-corrected chi connectivity index (χ0v) is 23.7. The Kier molecular flexibility index (Phi) is 12.1. The predicted octanol–water partition coefficient (Wildman–Crippen LogP) is 4.98. The maximum absolute atomic E-state index is 12.2. The normalized spacial score (nSPS) is 18.5. The van der Waals surface area contributed by atoms with Crippen LogP contribution in [0.15, 0.2) is 78.0 Å². The van der Waals surface area contributed by atoms with E-state index in [0.717, 1.165) is 39.5 Å². The molecule has 3 unspecified atom stereocenters. The zero-order chi connectivity index (χ0) is 28.9. The molecular formula is C31H37N3O6S. The number of hydrogen-bond donors (Lipinski definition) is 4. The summed E-state index contributed by atoms with van der Waals surface area (Å²) in [4.78, 5) is 27.6. The van der Waals surface area contributed by atoms with Crippen LogP contribution in [0, 0.1) is 0 Å². The summed E-state index contributed by atoms with van der Waals surface area (Å²) in [7, 11) is 0. The van der Waals surface area contributed by atoms with E-state index < -0.39 is 12.2 Å². The van der Waals surface area contributed by atoms with Crippen molar-refractivity contribution in [3.05, 3.63) is 95.2 Å². The fraction of sp³-hybridized carbons (Fsp3) is 0.387. The quantitative estimate of drug-likeness (QED) is 0.0911. The third-order valence-electron chi connectivity index (χ3n) is 6.84. The molecule has 10 heteroatoms. The molecule has 2 amide bonds. The van der Waals surface area contributed by atoms with Crippen LogP contribution in [0.5, 0.6) is 0 Å². The highest BCUT2D eigenvalue weighted by molar-refractivity contribution is 7.99. The molecule has 9 nitrogen and oxygen atoms in total. The van der Waals surface area contributed by atoms with Gasteiger partial charge in [-0.2, -0.15) is 0 Å². The van der Waals surface area contributed by atoms with E-state index in [1.165, 1.54) is 0 Å². The third-order valence-corrected chi connectivity index (χ3v) is 7.92. The molecule has 1 aliphatic rings. The number of nitrogens with zero attached hydrogens (tertiary/aromatic N) is 1. The molecule has 2 heterocycles. The number of pyridine rings is 1. The fourth-order valence-electron chi connectivity index (χ4n) is 4.52. The standard InChI is InChI=1S/C31H37N3O6S/c35-20-23-11-13-24(14-12-23)27-18-26(21-41-30-8-4-5-17-32-30)39-31(40-27)25-15-9-22(10-16-25)19-33-28(36)6-2-1-3-7-29(37)34-38/h4-5,8-17,26-27,31,35,38H,1-3,6-7,18-21H2,(H,33,36)(H,34,37). The largest absolute Gasteiger partial charge is 0.392 e. The lowest BCUT2D eigenvalue weighted by Gasteiger charge is -2.36. The first-order valence-corrected chi connectivity index (χ1v) is 14.9. The maximum atomic E-state index is 12.2. The summed E-state index contributed by atoms with van der Waals surface area (Å²) < 4.78 is 12.8.